The predicted molar refractivity (Wildman–Crippen MR) is 103 cm³/mol. The van der Waals surface area contributed by atoms with E-state index >= 15 is 0 Å². The summed E-state index contributed by atoms with van der Waals surface area (Å²) in [6.45, 7) is 3.42. The van der Waals surface area contributed by atoms with Gasteiger partial charge in [-0.15, -0.1) is 11.3 Å². The molecule has 2 amide bonds. The van der Waals surface area contributed by atoms with Crippen molar-refractivity contribution in [3.63, 3.8) is 0 Å². The average Bonchev–Trinajstić information content (AvgIpc) is 2.89. The van der Waals surface area contributed by atoms with E-state index in [2.05, 4.69) is 5.32 Å². The number of halogens is 1. The van der Waals surface area contributed by atoms with Crippen LogP contribution < -0.4 is 11.1 Å². The van der Waals surface area contributed by atoms with Crippen LogP contribution in [0.2, 0.25) is 5.02 Å². The minimum absolute atomic E-state index is 0.134. The molecule has 2 aromatic rings. The number of hydrogen-bond acceptors (Lipinski definition) is 5. The van der Waals surface area contributed by atoms with Crippen LogP contribution in [0, 0.1) is 6.92 Å². The molecule has 2 rings (SSSR count). The van der Waals surface area contributed by atoms with Crippen LogP contribution in [0.5, 0.6) is 0 Å². The Labute approximate surface area is 159 Å². The fourth-order valence-corrected chi connectivity index (χ4v) is 3.47. The van der Waals surface area contributed by atoms with Crippen molar-refractivity contribution in [1.29, 1.82) is 0 Å². The Hall–Kier alpha value is -2.64. The number of nitrogens with one attached hydrogen (secondary N) is 1. The number of esters is 1. The highest BCUT2D eigenvalue weighted by atomic mass is 35.5. The molecule has 0 saturated heterocycles. The van der Waals surface area contributed by atoms with Gasteiger partial charge in [-0.1, -0.05) is 23.7 Å². The van der Waals surface area contributed by atoms with Crippen LogP contribution in [-0.4, -0.2) is 24.4 Å². The molecule has 1 heterocycles. The van der Waals surface area contributed by atoms with Crippen molar-refractivity contribution in [2.75, 3.05) is 11.9 Å². The number of carbonyl (C=O) groups excluding carboxylic acids is 3. The van der Waals surface area contributed by atoms with Crippen LogP contribution in [-0.2, 0) is 9.53 Å². The Morgan fingerprint density at radius 3 is 2.69 bits per heavy atom. The Balaban J connectivity index is 2.27. The summed E-state index contributed by atoms with van der Waals surface area (Å²) in [6, 6.07) is 6.99. The van der Waals surface area contributed by atoms with E-state index in [0.29, 0.717) is 10.6 Å². The van der Waals surface area contributed by atoms with Gasteiger partial charge in [0.25, 0.3) is 5.91 Å². The van der Waals surface area contributed by atoms with Gasteiger partial charge in [0.1, 0.15) is 5.00 Å². The maximum atomic E-state index is 12.2. The molecular weight excluding hydrogens is 376 g/mol. The highest BCUT2D eigenvalue weighted by molar-refractivity contribution is 7.18. The third-order valence-electron chi connectivity index (χ3n) is 3.36. The minimum atomic E-state index is -0.673. The summed E-state index contributed by atoms with van der Waals surface area (Å²) in [5.74, 6) is -1.76. The summed E-state index contributed by atoms with van der Waals surface area (Å²) in [5.41, 5.74) is 6.60. The van der Waals surface area contributed by atoms with Gasteiger partial charge in [-0.3, -0.25) is 9.59 Å². The summed E-state index contributed by atoms with van der Waals surface area (Å²) < 4.78 is 5.00. The molecular formula is C18H17ClN2O4S. The van der Waals surface area contributed by atoms with E-state index in [0.717, 1.165) is 16.9 Å². The molecule has 0 atom stereocenters. The summed E-state index contributed by atoms with van der Waals surface area (Å²) in [6.07, 6.45) is 2.89. The maximum Gasteiger partial charge on any atom is 0.341 e. The SMILES string of the molecule is CCOC(=O)c1c(NC(=O)/C=C\c2cccc(Cl)c2)sc(C(N)=O)c1C. The van der Waals surface area contributed by atoms with E-state index < -0.39 is 17.8 Å². The second-order valence-electron chi connectivity index (χ2n) is 5.22. The van der Waals surface area contributed by atoms with E-state index in [1.54, 1.807) is 44.2 Å². The van der Waals surface area contributed by atoms with Gasteiger partial charge in [0, 0.05) is 11.1 Å². The van der Waals surface area contributed by atoms with Crippen molar-refractivity contribution < 1.29 is 19.1 Å². The van der Waals surface area contributed by atoms with E-state index in [1.807, 2.05) is 0 Å². The average molecular weight is 393 g/mol. The lowest BCUT2D eigenvalue weighted by Crippen LogP contribution is -2.13. The van der Waals surface area contributed by atoms with Crippen molar-refractivity contribution in [2.24, 2.45) is 5.73 Å². The van der Waals surface area contributed by atoms with Gasteiger partial charge >= 0.3 is 5.97 Å². The van der Waals surface area contributed by atoms with E-state index in [4.69, 9.17) is 22.1 Å². The number of nitrogens with two attached hydrogens (primary N) is 1. The third kappa shape index (κ3) is 4.71. The zero-order chi connectivity index (χ0) is 19.3. The normalized spacial score (nSPS) is 10.7. The zero-order valence-corrected chi connectivity index (χ0v) is 15.7. The standard InChI is InChI=1S/C18H17ClN2O4S/c1-3-25-18(24)14-10(2)15(16(20)23)26-17(14)21-13(22)8-7-11-5-4-6-12(19)9-11/h4-9H,3H2,1-2H3,(H2,20,23)(H,21,22)/b8-7-. The summed E-state index contributed by atoms with van der Waals surface area (Å²) in [7, 11) is 0. The maximum absolute atomic E-state index is 12.2. The molecule has 6 nitrogen and oxygen atoms in total. The summed E-state index contributed by atoms with van der Waals surface area (Å²) in [4.78, 5) is 36.1. The number of amides is 2. The molecule has 1 aromatic heterocycles. The van der Waals surface area contributed by atoms with E-state index in [-0.39, 0.29) is 22.0 Å². The molecule has 3 N–H and O–H groups in total. The van der Waals surface area contributed by atoms with Crippen LogP contribution >= 0.6 is 22.9 Å². The fourth-order valence-electron chi connectivity index (χ4n) is 2.22. The molecule has 1 aromatic carbocycles. The monoisotopic (exact) mass is 392 g/mol. The predicted octanol–water partition coefficient (Wildman–Crippen LogP) is 3.64. The van der Waals surface area contributed by atoms with Crippen molar-refractivity contribution >= 4 is 51.8 Å². The van der Waals surface area contributed by atoms with Crippen LogP contribution in [0.1, 0.15) is 38.1 Å². The lowest BCUT2D eigenvalue weighted by atomic mass is 10.1. The summed E-state index contributed by atoms with van der Waals surface area (Å²) >= 11 is 6.84. The summed E-state index contributed by atoms with van der Waals surface area (Å²) in [5, 5.41) is 3.37. The molecule has 0 radical (unpaired) electrons. The molecule has 0 saturated carbocycles. The Kier molecular flexibility index (Phi) is 6.54. The molecule has 0 aliphatic carbocycles. The number of hydrogen-bond donors (Lipinski definition) is 2. The first-order valence-corrected chi connectivity index (χ1v) is 8.87. The highest BCUT2D eigenvalue weighted by Gasteiger charge is 2.25. The topological polar surface area (TPSA) is 98.5 Å². The molecule has 26 heavy (non-hydrogen) atoms. The van der Waals surface area contributed by atoms with Gasteiger partial charge in [-0.2, -0.15) is 0 Å². The second-order valence-corrected chi connectivity index (χ2v) is 6.68. The number of primary amides is 1. The van der Waals surface area contributed by atoms with Gasteiger partial charge in [0.2, 0.25) is 5.91 Å². The molecule has 0 fully saturated rings. The zero-order valence-electron chi connectivity index (χ0n) is 14.2. The number of anilines is 1. The smallest absolute Gasteiger partial charge is 0.341 e. The molecule has 0 aliphatic heterocycles. The van der Waals surface area contributed by atoms with Crippen molar-refractivity contribution in [1.82, 2.24) is 0 Å². The van der Waals surface area contributed by atoms with Crippen molar-refractivity contribution in [3.05, 3.63) is 56.9 Å². The Bertz CT molecular complexity index is 889. The number of thiophene rings is 1. The van der Waals surface area contributed by atoms with Gasteiger partial charge in [-0.05, 0) is 43.2 Å². The molecule has 0 bridgehead atoms. The Morgan fingerprint density at radius 2 is 2.08 bits per heavy atom. The van der Waals surface area contributed by atoms with Gasteiger partial charge in [0.05, 0.1) is 17.0 Å². The highest BCUT2D eigenvalue weighted by Crippen LogP contribution is 2.33. The largest absolute Gasteiger partial charge is 0.462 e. The fraction of sp³-hybridized carbons (Fsp3) is 0.167. The Morgan fingerprint density at radius 1 is 1.35 bits per heavy atom. The molecule has 0 aliphatic rings. The van der Waals surface area contributed by atoms with Crippen molar-refractivity contribution in [3.8, 4) is 0 Å². The van der Waals surface area contributed by atoms with Crippen LogP contribution in [0.25, 0.3) is 6.08 Å². The lowest BCUT2D eigenvalue weighted by Gasteiger charge is -2.05. The number of ether oxygens (including phenoxy) is 1. The minimum Gasteiger partial charge on any atom is -0.462 e. The molecule has 0 unspecified atom stereocenters. The van der Waals surface area contributed by atoms with Crippen molar-refractivity contribution in [2.45, 2.75) is 13.8 Å². The molecule has 136 valence electrons. The number of benzene rings is 1. The van der Waals surface area contributed by atoms with E-state index in [9.17, 15) is 14.4 Å². The quantitative estimate of drug-likeness (QED) is 0.579. The van der Waals surface area contributed by atoms with Crippen LogP contribution in [0.3, 0.4) is 0 Å². The molecule has 0 spiro atoms. The first kappa shape index (κ1) is 19.7. The van der Waals surface area contributed by atoms with Gasteiger partial charge < -0.3 is 15.8 Å². The van der Waals surface area contributed by atoms with Crippen LogP contribution in [0.4, 0.5) is 5.00 Å². The van der Waals surface area contributed by atoms with Gasteiger partial charge in [-0.25, -0.2) is 4.79 Å². The first-order valence-electron chi connectivity index (χ1n) is 7.68. The second kappa shape index (κ2) is 8.64. The van der Waals surface area contributed by atoms with Gasteiger partial charge in [0.15, 0.2) is 0 Å². The third-order valence-corrected chi connectivity index (χ3v) is 4.82. The van der Waals surface area contributed by atoms with E-state index in [1.165, 1.54) is 6.08 Å². The lowest BCUT2D eigenvalue weighted by molar-refractivity contribution is -0.111. The number of carbonyl (C=O) groups is 3. The van der Waals surface area contributed by atoms with Crippen LogP contribution in [0.15, 0.2) is 30.3 Å². The molecule has 8 heteroatoms. The number of rotatable bonds is 6. The first-order chi connectivity index (χ1) is 12.3.